The molecule has 0 spiro atoms. The van der Waals surface area contributed by atoms with Crippen LogP contribution in [0.4, 0.5) is 5.69 Å². The van der Waals surface area contributed by atoms with E-state index >= 15 is 0 Å². The molecule has 0 aromatic heterocycles. The second kappa shape index (κ2) is 26.6. The lowest BCUT2D eigenvalue weighted by Crippen LogP contribution is -2.37. The van der Waals surface area contributed by atoms with Crippen LogP contribution in [0.25, 0.3) is 6.08 Å². The number of allylic oxidation sites excluding steroid dienone is 1. The van der Waals surface area contributed by atoms with E-state index in [4.69, 9.17) is 14.2 Å². The predicted molar refractivity (Wildman–Crippen MR) is 218 cm³/mol. The van der Waals surface area contributed by atoms with Crippen LogP contribution in [0.5, 0.6) is 0 Å². The lowest BCUT2D eigenvalue weighted by molar-refractivity contribution is -0.384. The van der Waals surface area contributed by atoms with Gasteiger partial charge in [0, 0.05) is 36.1 Å². The van der Waals surface area contributed by atoms with Crippen molar-refractivity contribution in [3.8, 4) is 0 Å². The minimum absolute atomic E-state index is 0.000747. The first-order valence-corrected chi connectivity index (χ1v) is 20.5. The van der Waals surface area contributed by atoms with E-state index in [1.165, 1.54) is 108 Å². The SMILES string of the molecule is CCCCCCCCCCCCCCCCCCCOCCOC(=O)C1C(C)=NC(C)=C(C(=O)OCC=Cc2ccccc2)C1c1cccc([N+](=O)[O-])c1. The van der Waals surface area contributed by atoms with E-state index in [0.717, 1.165) is 18.4 Å². The molecule has 0 radical (unpaired) electrons. The smallest absolute Gasteiger partial charge is 0.336 e. The first-order valence-electron chi connectivity index (χ1n) is 20.5. The summed E-state index contributed by atoms with van der Waals surface area (Å²) in [7, 11) is 0. The summed E-state index contributed by atoms with van der Waals surface area (Å²) in [5, 5.41) is 11.7. The Morgan fingerprint density at radius 3 is 1.93 bits per heavy atom. The molecule has 0 saturated heterocycles. The van der Waals surface area contributed by atoms with Gasteiger partial charge in [0.05, 0.1) is 17.1 Å². The van der Waals surface area contributed by atoms with Crippen LogP contribution < -0.4 is 0 Å². The second-order valence-corrected chi connectivity index (χ2v) is 14.4. The Morgan fingerprint density at radius 2 is 1.33 bits per heavy atom. The van der Waals surface area contributed by atoms with Gasteiger partial charge in [-0.2, -0.15) is 0 Å². The van der Waals surface area contributed by atoms with Crippen LogP contribution in [0.2, 0.25) is 0 Å². The summed E-state index contributed by atoms with van der Waals surface area (Å²) < 4.78 is 17.0. The number of nitro benzene ring substituents is 1. The highest BCUT2D eigenvalue weighted by Crippen LogP contribution is 2.41. The summed E-state index contributed by atoms with van der Waals surface area (Å²) in [5.41, 5.74) is 2.27. The average molecular weight is 745 g/mol. The summed E-state index contributed by atoms with van der Waals surface area (Å²) in [6, 6.07) is 15.6. The maximum atomic E-state index is 13.6. The van der Waals surface area contributed by atoms with Crippen LogP contribution in [0.3, 0.4) is 0 Å². The number of carbonyl (C=O) groups excluding carboxylic acids is 2. The molecule has 1 aliphatic heterocycles. The van der Waals surface area contributed by atoms with E-state index in [0.29, 0.717) is 23.6 Å². The Labute approximate surface area is 323 Å². The number of nitrogens with zero attached hydrogens (tertiary/aromatic N) is 2. The number of non-ortho nitro benzene ring substituents is 1. The van der Waals surface area contributed by atoms with E-state index in [1.807, 2.05) is 36.4 Å². The van der Waals surface area contributed by atoms with Gasteiger partial charge in [0.2, 0.25) is 0 Å². The number of unbranched alkanes of at least 4 members (excludes halogenated alkanes) is 16. The molecule has 0 amide bonds. The van der Waals surface area contributed by atoms with E-state index in [-0.39, 0.29) is 31.1 Å². The molecule has 0 aliphatic carbocycles. The number of esters is 2. The van der Waals surface area contributed by atoms with Gasteiger partial charge in [0.25, 0.3) is 5.69 Å². The molecule has 1 heterocycles. The molecule has 9 heteroatoms. The normalized spacial score (nSPS) is 15.7. The third-order valence-electron chi connectivity index (χ3n) is 10.0. The molecule has 2 aromatic rings. The van der Waals surface area contributed by atoms with Crippen LogP contribution >= 0.6 is 0 Å². The summed E-state index contributed by atoms with van der Waals surface area (Å²) in [6.07, 6.45) is 26.0. The third-order valence-corrected chi connectivity index (χ3v) is 10.0. The fourth-order valence-electron chi connectivity index (χ4n) is 7.07. The van der Waals surface area contributed by atoms with Gasteiger partial charge in [-0.25, -0.2) is 4.79 Å². The Hall–Kier alpha value is -4.11. The number of hydrogen-bond donors (Lipinski definition) is 0. The average Bonchev–Trinajstić information content (AvgIpc) is 3.17. The molecule has 0 saturated carbocycles. The molecule has 2 atom stereocenters. The highest BCUT2D eigenvalue weighted by molar-refractivity contribution is 6.07. The van der Waals surface area contributed by atoms with E-state index in [1.54, 1.807) is 32.1 Å². The second-order valence-electron chi connectivity index (χ2n) is 14.4. The molecule has 3 rings (SSSR count). The van der Waals surface area contributed by atoms with Gasteiger partial charge < -0.3 is 14.2 Å². The van der Waals surface area contributed by atoms with Gasteiger partial charge in [0.15, 0.2) is 0 Å². The summed E-state index contributed by atoms with van der Waals surface area (Å²) in [6.45, 7) is 6.57. The zero-order chi connectivity index (χ0) is 38.8. The molecule has 2 unspecified atom stereocenters. The maximum absolute atomic E-state index is 13.6. The van der Waals surface area contributed by atoms with Crippen molar-refractivity contribution < 1.29 is 28.7 Å². The lowest BCUT2D eigenvalue weighted by Gasteiger charge is -2.31. The van der Waals surface area contributed by atoms with Crippen molar-refractivity contribution in [1.82, 2.24) is 0 Å². The zero-order valence-electron chi connectivity index (χ0n) is 33.1. The number of benzene rings is 2. The highest BCUT2D eigenvalue weighted by atomic mass is 16.6. The van der Waals surface area contributed by atoms with E-state index < -0.39 is 28.7 Å². The van der Waals surface area contributed by atoms with Gasteiger partial charge in [-0.15, -0.1) is 0 Å². The molecule has 0 N–H and O–H groups in total. The van der Waals surface area contributed by atoms with Gasteiger partial charge in [-0.05, 0) is 37.5 Å². The topological polar surface area (TPSA) is 117 Å². The van der Waals surface area contributed by atoms with Crippen molar-refractivity contribution in [1.29, 1.82) is 0 Å². The molecule has 296 valence electrons. The van der Waals surface area contributed by atoms with Crippen LogP contribution in [0, 0.1) is 16.0 Å². The standard InChI is InChI=1S/C45H64N2O7/c1-4-5-6-7-8-9-10-11-12-13-14-15-16-17-18-19-23-31-52-33-34-54-45(49)42-37(3)46-36(2)41(43(42)39-29-24-30-40(35-39)47(50)51)44(48)53-32-25-28-38-26-21-20-22-27-38/h20-22,24-30,35,42-43H,4-19,23,31-34H2,1-3H3. The van der Waals surface area contributed by atoms with Crippen LogP contribution in [0.15, 0.2) is 76.9 Å². The first kappa shape index (κ1) is 44.3. The molecule has 54 heavy (non-hydrogen) atoms. The summed E-state index contributed by atoms with van der Waals surface area (Å²) in [4.78, 5) is 42.9. The number of rotatable bonds is 28. The number of nitro groups is 1. The van der Waals surface area contributed by atoms with E-state index in [2.05, 4.69) is 11.9 Å². The Bertz CT molecular complexity index is 1500. The number of hydrogen-bond acceptors (Lipinski definition) is 8. The largest absolute Gasteiger partial charge is 0.463 e. The first-order chi connectivity index (χ1) is 26.3. The van der Waals surface area contributed by atoms with Crippen molar-refractivity contribution in [3.05, 3.63) is 93.2 Å². The lowest BCUT2D eigenvalue weighted by atomic mass is 9.75. The predicted octanol–water partition coefficient (Wildman–Crippen LogP) is 11.5. The number of carbonyl (C=O) groups is 2. The monoisotopic (exact) mass is 744 g/mol. The maximum Gasteiger partial charge on any atom is 0.336 e. The minimum atomic E-state index is -0.969. The molecule has 9 nitrogen and oxygen atoms in total. The Morgan fingerprint density at radius 1 is 0.741 bits per heavy atom. The fraction of sp³-hybridized carbons (Fsp3) is 0.578. The molecular weight excluding hydrogens is 681 g/mol. The minimum Gasteiger partial charge on any atom is -0.463 e. The van der Waals surface area contributed by atoms with Crippen molar-refractivity contribution in [3.63, 3.8) is 0 Å². The third kappa shape index (κ3) is 16.5. The zero-order valence-corrected chi connectivity index (χ0v) is 33.1. The summed E-state index contributed by atoms with van der Waals surface area (Å²) in [5.74, 6) is -3.07. The number of ether oxygens (including phenoxy) is 3. The fourth-order valence-corrected chi connectivity index (χ4v) is 7.07. The molecular formula is C45H64N2O7. The van der Waals surface area contributed by atoms with Crippen LogP contribution in [-0.2, 0) is 23.8 Å². The van der Waals surface area contributed by atoms with Gasteiger partial charge >= 0.3 is 11.9 Å². The Kier molecular flexibility index (Phi) is 21.8. The quantitative estimate of drug-likeness (QED) is 0.0368. The van der Waals surface area contributed by atoms with Gasteiger partial charge in [-0.3, -0.25) is 19.9 Å². The van der Waals surface area contributed by atoms with Crippen LogP contribution in [0.1, 0.15) is 147 Å². The highest BCUT2D eigenvalue weighted by Gasteiger charge is 2.42. The number of aliphatic imine (C=N–C) groups is 1. The van der Waals surface area contributed by atoms with Crippen LogP contribution in [-0.4, -0.2) is 49.0 Å². The molecule has 0 bridgehead atoms. The van der Waals surface area contributed by atoms with Crippen molar-refractivity contribution in [2.45, 2.75) is 136 Å². The van der Waals surface area contributed by atoms with Crippen molar-refractivity contribution in [2.24, 2.45) is 10.9 Å². The summed E-state index contributed by atoms with van der Waals surface area (Å²) >= 11 is 0. The molecule has 2 aromatic carbocycles. The van der Waals surface area contributed by atoms with Crippen molar-refractivity contribution in [2.75, 3.05) is 26.4 Å². The molecule has 1 aliphatic rings. The molecule has 0 fully saturated rings. The van der Waals surface area contributed by atoms with Gasteiger partial charge in [0.1, 0.15) is 19.1 Å². The van der Waals surface area contributed by atoms with Crippen molar-refractivity contribution >= 4 is 29.4 Å². The van der Waals surface area contributed by atoms with Gasteiger partial charge in [-0.1, -0.05) is 158 Å². The van der Waals surface area contributed by atoms with E-state index in [9.17, 15) is 19.7 Å². The Balaban J connectivity index is 1.39.